The third-order valence-corrected chi connectivity index (χ3v) is 4.48. The van der Waals surface area contributed by atoms with E-state index in [2.05, 4.69) is 10.6 Å². The predicted octanol–water partition coefficient (Wildman–Crippen LogP) is 3.78. The number of nitrogens with one attached hydrogen (secondary N) is 2. The average molecular weight is 444 g/mol. The summed E-state index contributed by atoms with van der Waals surface area (Å²) in [5, 5.41) is 5.72. The Morgan fingerprint density at radius 3 is 2.16 bits per heavy atom. The topological polar surface area (TPSA) is 89.1 Å². The van der Waals surface area contributed by atoms with E-state index in [1.54, 1.807) is 42.3 Å². The van der Waals surface area contributed by atoms with E-state index in [-0.39, 0.29) is 24.9 Å². The van der Waals surface area contributed by atoms with Crippen molar-refractivity contribution in [2.24, 2.45) is 0 Å². The Labute approximate surface area is 189 Å². The molecule has 0 radical (unpaired) electrons. The minimum atomic E-state index is -0.213. The van der Waals surface area contributed by atoms with Crippen molar-refractivity contribution in [2.75, 3.05) is 50.6 Å². The predicted molar refractivity (Wildman–Crippen MR) is 126 cm³/mol. The number of carbonyl (C=O) groups is 2. The Morgan fingerprint density at radius 1 is 0.844 bits per heavy atom. The first-order valence-electron chi connectivity index (χ1n) is 10.8. The van der Waals surface area contributed by atoms with Gasteiger partial charge in [0, 0.05) is 11.8 Å². The summed E-state index contributed by atoms with van der Waals surface area (Å²) in [6, 6.07) is 12.5. The van der Waals surface area contributed by atoms with Gasteiger partial charge in [0.1, 0.15) is 5.75 Å². The number of anilines is 2. The lowest BCUT2D eigenvalue weighted by Gasteiger charge is -2.21. The summed E-state index contributed by atoms with van der Waals surface area (Å²) < 4.78 is 16.4. The van der Waals surface area contributed by atoms with Crippen LogP contribution in [-0.2, 0) is 9.59 Å². The Hall–Kier alpha value is -3.26. The molecule has 2 rings (SSSR count). The molecule has 2 aromatic carbocycles. The molecule has 0 saturated heterocycles. The number of rotatable bonds is 13. The van der Waals surface area contributed by atoms with Gasteiger partial charge in [0.25, 0.3) is 0 Å². The summed E-state index contributed by atoms with van der Waals surface area (Å²) in [5.74, 6) is 1.37. The molecule has 8 heteroatoms. The molecule has 0 spiro atoms. The fraction of sp³-hybridized carbons (Fsp3) is 0.417. The van der Waals surface area contributed by atoms with Gasteiger partial charge >= 0.3 is 0 Å². The number of amides is 2. The van der Waals surface area contributed by atoms with E-state index < -0.39 is 0 Å². The third-order valence-electron chi connectivity index (χ3n) is 4.48. The molecule has 8 nitrogen and oxygen atoms in total. The fourth-order valence-corrected chi connectivity index (χ4v) is 3.20. The molecule has 0 fully saturated rings. The second-order valence-corrected chi connectivity index (χ2v) is 7.03. The Kier molecular flexibility index (Phi) is 10.3. The third kappa shape index (κ3) is 7.77. The van der Waals surface area contributed by atoms with Gasteiger partial charge in [0.2, 0.25) is 11.8 Å². The minimum absolute atomic E-state index is 0.0877. The largest absolute Gasteiger partial charge is 0.495 e. The van der Waals surface area contributed by atoms with E-state index >= 15 is 0 Å². The zero-order valence-electron chi connectivity index (χ0n) is 19.3. The maximum atomic E-state index is 12.6. The molecule has 0 heterocycles. The van der Waals surface area contributed by atoms with Gasteiger partial charge in [-0.05, 0) is 51.1 Å². The van der Waals surface area contributed by atoms with Crippen molar-refractivity contribution in [1.82, 2.24) is 4.90 Å². The van der Waals surface area contributed by atoms with Crippen molar-refractivity contribution in [3.05, 3.63) is 42.5 Å². The molecule has 0 atom stereocenters. The van der Waals surface area contributed by atoms with Crippen molar-refractivity contribution in [2.45, 2.75) is 27.2 Å². The van der Waals surface area contributed by atoms with Crippen LogP contribution in [0.2, 0.25) is 0 Å². The molecule has 2 amide bonds. The van der Waals surface area contributed by atoms with Crippen molar-refractivity contribution in [1.29, 1.82) is 0 Å². The number of nitrogens with zero attached hydrogens (tertiary/aromatic N) is 1. The van der Waals surface area contributed by atoms with Crippen LogP contribution in [0.25, 0.3) is 0 Å². The van der Waals surface area contributed by atoms with Crippen LogP contribution in [0.3, 0.4) is 0 Å². The fourth-order valence-electron chi connectivity index (χ4n) is 3.20. The van der Waals surface area contributed by atoms with Gasteiger partial charge in [-0.1, -0.05) is 19.1 Å². The monoisotopic (exact) mass is 443 g/mol. The highest BCUT2D eigenvalue weighted by molar-refractivity contribution is 5.95. The number of methoxy groups -OCH3 is 1. The Bertz CT molecular complexity index is 888. The van der Waals surface area contributed by atoms with Gasteiger partial charge in [-0.25, -0.2) is 0 Å². The number of hydrogen-bond donors (Lipinski definition) is 2. The van der Waals surface area contributed by atoms with E-state index in [9.17, 15) is 9.59 Å². The summed E-state index contributed by atoms with van der Waals surface area (Å²) in [4.78, 5) is 27.0. The van der Waals surface area contributed by atoms with Gasteiger partial charge in [-0.3, -0.25) is 14.5 Å². The first-order valence-corrected chi connectivity index (χ1v) is 10.8. The lowest BCUT2D eigenvalue weighted by molar-refractivity contribution is -0.120. The number of ether oxygens (including phenoxy) is 3. The maximum absolute atomic E-state index is 12.6. The molecule has 2 aromatic rings. The van der Waals surface area contributed by atoms with Gasteiger partial charge in [0.05, 0.1) is 39.1 Å². The van der Waals surface area contributed by atoms with E-state index in [4.69, 9.17) is 14.2 Å². The lowest BCUT2D eigenvalue weighted by Crippen LogP contribution is -2.39. The zero-order chi connectivity index (χ0) is 23.3. The first kappa shape index (κ1) is 25.0. The van der Waals surface area contributed by atoms with E-state index in [1.807, 2.05) is 32.9 Å². The van der Waals surface area contributed by atoms with Crippen LogP contribution < -0.4 is 24.8 Å². The molecule has 0 bridgehead atoms. The highest BCUT2D eigenvalue weighted by Crippen LogP contribution is 2.30. The molecule has 32 heavy (non-hydrogen) atoms. The van der Waals surface area contributed by atoms with E-state index in [0.717, 1.165) is 6.42 Å². The van der Waals surface area contributed by atoms with Crippen molar-refractivity contribution in [3.8, 4) is 17.2 Å². The molecule has 0 aliphatic carbocycles. The van der Waals surface area contributed by atoms with Crippen LogP contribution in [0.1, 0.15) is 27.2 Å². The summed E-state index contributed by atoms with van der Waals surface area (Å²) in [5.41, 5.74) is 1.20. The highest BCUT2D eigenvalue weighted by atomic mass is 16.5. The molecule has 2 N–H and O–H groups in total. The van der Waals surface area contributed by atoms with Crippen molar-refractivity contribution >= 4 is 23.2 Å². The normalized spacial score (nSPS) is 10.5. The van der Waals surface area contributed by atoms with Crippen LogP contribution in [0.15, 0.2) is 42.5 Å². The van der Waals surface area contributed by atoms with Crippen LogP contribution >= 0.6 is 0 Å². The SMILES string of the molecule is CCCN(CC(=O)Nc1ccc(OCC)c(OCC)c1)CC(=O)Nc1ccccc1OC. The van der Waals surface area contributed by atoms with Gasteiger partial charge in [-0.2, -0.15) is 0 Å². The molecule has 0 aromatic heterocycles. The number of hydrogen-bond acceptors (Lipinski definition) is 6. The summed E-state index contributed by atoms with van der Waals surface area (Å²) >= 11 is 0. The van der Waals surface area contributed by atoms with Crippen molar-refractivity contribution < 1.29 is 23.8 Å². The van der Waals surface area contributed by atoms with Crippen LogP contribution in [-0.4, -0.2) is 56.7 Å². The quantitative estimate of drug-likeness (QED) is 0.490. The van der Waals surface area contributed by atoms with Crippen molar-refractivity contribution in [3.63, 3.8) is 0 Å². The maximum Gasteiger partial charge on any atom is 0.238 e. The summed E-state index contributed by atoms with van der Waals surface area (Å²) in [6.45, 7) is 7.59. The van der Waals surface area contributed by atoms with E-state index in [0.29, 0.717) is 48.4 Å². The molecule has 0 aliphatic heterocycles. The molecular formula is C24H33N3O5. The average Bonchev–Trinajstić information content (AvgIpc) is 2.76. The van der Waals surface area contributed by atoms with Crippen LogP contribution in [0.5, 0.6) is 17.2 Å². The first-order chi connectivity index (χ1) is 15.5. The smallest absolute Gasteiger partial charge is 0.238 e. The Morgan fingerprint density at radius 2 is 1.50 bits per heavy atom. The van der Waals surface area contributed by atoms with E-state index in [1.165, 1.54) is 0 Å². The number of para-hydroxylation sites is 2. The van der Waals surface area contributed by atoms with Crippen LogP contribution in [0.4, 0.5) is 11.4 Å². The number of carbonyl (C=O) groups excluding carboxylic acids is 2. The number of benzene rings is 2. The van der Waals surface area contributed by atoms with Gasteiger partial charge < -0.3 is 24.8 Å². The zero-order valence-corrected chi connectivity index (χ0v) is 19.3. The Balaban J connectivity index is 1.99. The minimum Gasteiger partial charge on any atom is -0.495 e. The summed E-state index contributed by atoms with van der Waals surface area (Å²) in [6.07, 6.45) is 0.812. The second kappa shape index (κ2) is 13.2. The molecule has 0 saturated carbocycles. The lowest BCUT2D eigenvalue weighted by atomic mass is 10.2. The van der Waals surface area contributed by atoms with Gasteiger partial charge in [-0.15, -0.1) is 0 Å². The van der Waals surface area contributed by atoms with Crippen LogP contribution in [0, 0.1) is 0 Å². The van der Waals surface area contributed by atoms with Gasteiger partial charge in [0.15, 0.2) is 11.5 Å². The molecular weight excluding hydrogens is 410 g/mol. The molecule has 174 valence electrons. The molecule has 0 unspecified atom stereocenters. The summed E-state index contributed by atoms with van der Waals surface area (Å²) in [7, 11) is 1.55. The standard InChI is InChI=1S/C24H33N3O5/c1-5-14-27(17-24(29)26-19-10-8-9-11-20(19)30-4)16-23(28)25-18-12-13-21(31-6-2)22(15-18)32-7-3/h8-13,15H,5-7,14,16-17H2,1-4H3,(H,25,28)(H,26,29). The molecule has 0 aliphatic rings. The highest BCUT2D eigenvalue weighted by Gasteiger charge is 2.16. The second-order valence-electron chi connectivity index (χ2n) is 7.03.